The summed E-state index contributed by atoms with van der Waals surface area (Å²) in [5, 5.41) is 8.32. The highest BCUT2D eigenvalue weighted by Gasteiger charge is 2.23. The molecule has 1 heterocycles. The number of hydrogen-bond acceptors (Lipinski definition) is 7. The molecule has 0 saturated heterocycles. The molecule has 0 radical (unpaired) electrons. The summed E-state index contributed by atoms with van der Waals surface area (Å²) in [7, 11) is 3.99. The fourth-order valence-corrected chi connectivity index (χ4v) is 4.32. The van der Waals surface area contributed by atoms with Crippen molar-refractivity contribution < 1.29 is 14.3 Å². The normalized spacial score (nSPS) is 11.7. The summed E-state index contributed by atoms with van der Waals surface area (Å²) in [4.78, 5) is 19.9. The van der Waals surface area contributed by atoms with Crippen LogP contribution in [0.15, 0.2) is 72.9 Å². The van der Waals surface area contributed by atoms with Crippen LogP contribution in [0.2, 0.25) is 0 Å². The lowest BCUT2D eigenvalue weighted by Gasteiger charge is -2.22. The van der Waals surface area contributed by atoms with Crippen LogP contribution in [-0.2, 0) is 11.3 Å². The van der Waals surface area contributed by atoms with Gasteiger partial charge in [0.25, 0.3) is 0 Å². The zero-order chi connectivity index (χ0) is 27.9. The first-order chi connectivity index (χ1) is 18.7. The Morgan fingerprint density at radius 2 is 1.85 bits per heavy atom. The first kappa shape index (κ1) is 27.6. The second-order valence-electron chi connectivity index (χ2n) is 9.80. The van der Waals surface area contributed by atoms with Crippen molar-refractivity contribution in [2.24, 2.45) is 0 Å². The summed E-state index contributed by atoms with van der Waals surface area (Å²) >= 11 is 0. The van der Waals surface area contributed by atoms with Gasteiger partial charge in [-0.25, -0.2) is 4.98 Å². The third-order valence-corrected chi connectivity index (χ3v) is 6.23. The quantitative estimate of drug-likeness (QED) is 0.235. The fraction of sp³-hybridized carbons (Fsp3) is 0.290. The van der Waals surface area contributed by atoms with Crippen LogP contribution >= 0.6 is 0 Å². The van der Waals surface area contributed by atoms with Crippen molar-refractivity contribution >= 4 is 33.9 Å². The van der Waals surface area contributed by atoms with Crippen molar-refractivity contribution in [1.29, 1.82) is 0 Å². The number of rotatable bonds is 11. The molecule has 39 heavy (non-hydrogen) atoms. The van der Waals surface area contributed by atoms with Crippen molar-refractivity contribution in [3.05, 3.63) is 84.1 Å². The maximum Gasteiger partial charge on any atom is 0.247 e. The van der Waals surface area contributed by atoms with Crippen LogP contribution in [-0.4, -0.2) is 37.7 Å². The number of nitrogen functional groups attached to an aromatic ring is 1. The van der Waals surface area contributed by atoms with Crippen LogP contribution in [0.3, 0.4) is 0 Å². The molecule has 204 valence electrons. The van der Waals surface area contributed by atoms with Gasteiger partial charge >= 0.3 is 0 Å². The molecule has 0 aliphatic rings. The first-order valence-corrected chi connectivity index (χ1v) is 13.1. The molecule has 0 spiro atoms. The lowest BCUT2D eigenvalue weighted by atomic mass is 10.0. The van der Waals surface area contributed by atoms with E-state index in [2.05, 4.69) is 21.7 Å². The van der Waals surface area contributed by atoms with Crippen LogP contribution in [0.25, 0.3) is 10.8 Å². The highest BCUT2D eigenvalue weighted by Crippen LogP contribution is 2.33. The Hall–Kier alpha value is -4.46. The molecular weight excluding hydrogens is 490 g/mol. The molecule has 1 atom stereocenters. The van der Waals surface area contributed by atoms with Crippen molar-refractivity contribution in [2.45, 2.75) is 39.5 Å². The minimum atomic E-state index is -0.689. The molecule has 0 saturated carbocycles. The van der Waals surface area contributed by atoms with Gasteiger partial charge < -0.3 is 30.7 Å². The Balaban J connectivity index is 1.66. The number of fused-ring (bicyclic) bond motifs is 1. The molecule has 0 bridgehead atoms. The minimum Gasteiger partial charge on any atom is -0.490 e. The molecule has 4 rings (SSSR count). The van der Waals surface area contributed by atoms with Crippen LogP contribution in [0.5, 0.6) is 11.5 Å². The highest BCUT2D eigenvalue weighted by molar-refractivity contribution is 5.94. The average molecular weight is 528 g/mol. The van der Waals surface area contributed by atoms with Gasteiger partial charge in [-0.2, -0.15) is 0 Å². The largest absolute Gasteiger partial charge is 0.490 e. The van der Waals surface area contributed by atoms with Crippen molar-refractivity contribution in [3.63, 3.8) is 0 Å². The van der Waals surface area contributed by atoms with Crippen LogP contribution in [0.4, 0.5) is 17.2 Å². The van der Waals surface area contributed by atoms with E-state index >= 15 is 0 Å². The smallest absolute Gasteiger partial charge is 0.247 e. The molecule has 1 aromatic heterocycles. The molecule has 0 aliphatic heterocycles. The summed E-state index contributed by atoms with van der Waals surface area (Å²) in [5.74, 6) is 1.54. The molecule has 1 amide bonds. The van der Waals surface area contributed by atoms with E-state index in [9.17, 15) is 4.79 Å². The van der Waals surface area contributed by atoms with Gasteiger partial charge in [-0.15, -0.1) is 0 Å². The van der Waals surface area contributed by atoms with Crippen LogP contribution < -0.4 is 30.7 Å². The summed E-state index contributed by atoms with van der Waals surface area (Å²) in [6.45, 7) is 6.73. The summed E-state index contributed by atoms with van der Waals surface area (Å²) in [6, 6.07) is 20.7. The second kappa shape index (κ2) is 12.4. The molecule has 4 N–H and O–H groups in total. The van der Waals surface area contributed by atoms with Crippen molar-refractivity contribution in [2.75, 3.05) is 36.7 Å². The van der Waals surface area contributed by atoms with Crippen LogP contribution in [0.1, 0.15) is 37.9 Å². The van der Waals surface area contributed by atoms with Crippen LogP contribution in [0, 0.1) is 0 Å². The number of hydrogen-bond donors (Lipinski definition) is 3. The molecule has 1 unspecified atom stereocenters. The molecule has 8 heteroatoms. The number of carbonyl (C=O) groups is 1. The lowest BCUT2D eigenvalue weighted by Crippen LogP contribution is -2.33. The monoisotopic (exact) mass is 527 g/mol. The van der Waals surface area contributed by atoms with Gasteiger partial charge in [-0.3, -0.25) is 4.79 Å². The van der Waals surface area contributed by atoms with Crippen molar-refractivity contribution in [1.82, 2.24) is 10.3 Å². The maximum absolute atomic E-state index is 13.7. The number of aromatic nitrogens is 1. The van der Waals surface area contributed by atoms with E-state index in [1.807, 2.05) is 100 Å². The maximum atomic E-state index is 13.7. The number of carbonyl (C=O) groups excluding carboxylic acids is 1. The Labute approximate surface area is 230 Å². The lowest BCUT2D eigenvalue weighted by molar-refractivity contribution is -0.122. The van der Waals surface area contributed by atoms with Gasteiger partial charge in [0, 0.05) is 43.6 Å². The molecule has 4 aromatic rings. The Morgan fingerprint density at radius 1 is 1.03 bits per heavy atom. The summed E-state index contributed by atoms with van der Waals surface area (Å²) in [6.07, 6.45) is 1.67. The zero-order valence-corrected chi connectivity index (χ0v) is 23.2. The highest BCUT2D eigenvalue weighted by atomic mass is 16.5. The number of ether oxygens (including phenoxy) is 2. The van der Waals surface area contributed by atoms with Crippen molar-refractivity contribution in [3.8, 4) is 11.5 Å². The molecule has 8 nitrogen and oxygen atoms in total. The predicted molar refractivity (Wildman–Crippen MR) is 159 cm³/mol. The van der Waals surface area contributed by atoms with Gasteiger partial charge in [0.1, 0.15) is 11.9 Å². The zero-order valence-electron chi connectivity index (χ0n) is 23.2. The van der Waals surface area contributed by atoms with E-state index in [-0.39, 0.29) is 12.0 Å². The molecular formula is C31H37N5O3. The summed E-state index contributed by atoms with van der Waals surface area (Å²) < 4.78 is 11.8. The molecule has 3 aromatic carbocycles. The number of nitrogens with two attached hydrogens (primary N) is 1. The number of pyridine rings is 1. The number of benzene rings is 3. The third kappa shape index (κ3) is 6.90. The third-order valence-electron chi connectivity index (χ3n) is 6.23. The van der Waals surface area contributed by atoms with Gasteiger partial charge in [0.05, 0.1) is 12.7 Å². The number of nitrogens with zero attached hydrogens (tertiary/aromatic N) is 2. The number of nitrogens with one attached hydrogen (secondary N) is 2. The standard InChI is InChI=1S/C31H37N5O3/c1-6-38-28-18-23(10-13-27(28)39-20(2)3)29(31(37)34-19-21-8-7-9-25(16-21)36(4)5)35-24-11-12-26-22(17-24)14-15-33-30(26)32/h7-18,20,29,35H,6,19H2,1-5H3,(H2,32,33)(H,34,37). The number of amides is 1. The van der Waals surface area contributed by atoms with E-state index in [1.54, 1.807) is 6.20 Å². The Kier molecular flexibility index (Phi) is 8.76. The van der Waals surface area contributed by atoms with E-state index in [4.69, 9.17) is 15.2 Å². The fourth-order valence-electron chi connectivity index (χ4n) is 4.32. The van der Waals surface area contributed by atoms with Gasteiger partial charge in [0.15, 0.2) is 11.5 Å². The van der Waals surface area contributed by atoms with Gasteiger partial charge in [-0.1, -0.05) is 18.2 Å². The van der Waals surface area contributed by atoms with Gasteiger partial charge in [0.2, 0.25) is 5.91 Å². The van der Waals surface area contributed by atoms with E-state index in [1.165, 1.54) is 0 Å². The van der Waals surface area contributed by atoms with Gasteiger partial charge in [-0.05, 0) is 85.8 Å². The first-order valence-electron chi connectivity index (χ1n) is 13.1. The van der Waals surface area contributed by atoms with E-state index in [0.29, 0.717) is 30.5 Å². The topological polar surface area (TPSA) is 102 Å². The Morgan fingerprint density at radius 3 is 2.59 bits per heavy atom. The summed E-state index contributed by atoms with van der Waals surface area (Å²) in [5.41, 5.74) is 9.66. The SMILES string of the molecule is CCOc1cc(C(Nc2ccc3c(N)nccc3c2)C(=O)NCc2cccc(N(C)C)c2)ccc1OC(C)C. The molecule has 0 aliphatic carbocycles. The molecule has 0 fully saturated rings. The van der Waals surface area contributed by atoms with E-state index < -0.39 is 6.04 Å². The second-order valence-corrected chi connectivity index (χ2v) is 9.80. The number of anilines is 3. The predicted octanol–water partition coefficient (Wildman–Crippen LogP) is 5.54. The van der Waals surface area contributed by atoms with E-state index in [0.717, 1.165) is 33.3 Å². The Bertz CT molecular complexity index is 1440. The minimum absolute atomic E-state index is 0.00951. The average Bonchev–Trinajstić information content (AvgIpc) is 2.91.